The average molecular weight is 757 g/mol. The Labute approximate surface area is 206 Å². The van der Waals surface area contributed by atoms with Gasteiger partial charge in [-0.3, -0.25) is 0 Å². The normalized spacial score (nSPS) is 21.6. The van der Waals surface area contributed by atoms with Crippen LogP contribution in [0.15, 0.2) is 81.5 Å². The van der Waals surface area contributed by atoms with E-state index in [0.29, 0.717) is 22.7 Å². The van der Waals surface area contributed by atoms with Crippen LogP contribution in [0.25, 0.3) is 0 Å². The molecule has 3 nitrogen and oxygen atoms in total. The molecule has 0 amide bonds. The Bertz CT molecular complexity index is 1150. The monoisotopic (exact) mass is 756 g/mol. The van der Waals surface area contributed by atoms with Gasteiger partial charge in [0.05, 0.1) is 0 Å². The van der Waals surface area contributed by atoms with Crippen molar-refractivity contribution in [1.82, 2.24) is 0 Å². The van der Waals surface area contributed by atoms with Crippen molar-refractivity contribution in [2.75, 3.05) is 0 Å². The molecule has 10 heteroatoms. The second-order valence-corrected chi connectivity index (χ2v) is 30.6. The van der Waals surface area contributed by atoms with Crippen molar-refractivity contribution in [3.8, 4) is 0 Å². The molecular weight excluding hydrogens is 735 g/mol. The van der Waals surface area contributed by atoms with Crippen molar-refractivity contribution in [2.24, 2.45) is 0 Å². The van der Waals surface area contributed by atoms with Gasteiger partial charge in [0.15, 0.2) is 0 Å². The Balaban J connectivity index is 2.55. The van der Waals surface area contributed by atoms with Crippen molar-refractivity contribution >= 4 is 58.2 Å². The second kappa shape index (κ2) is 8.65. The van der Waals surface area contributed by atoms with Crippen LogP contribution >= 0.6 is 48.0 Å². The molecule has 3 rings (SSSR count). The van der Waals surface area contributed by atoms with Crippen LogP contribution in [0.4, 0.5) is 13.2 Å². The molecule has 32 heavy (non-hydrogen) atoms. The Kier molecular flexibility index (Phi) is 7.07. The number of rotatable bonds is 5. The van der Waals surface area contributed by atoms with E-state index in [2.05, 4.69) is 15.9 Å². The summed E-state index contributed by atoms with van der Waals surface area (Å²) < 4.78 is 73.1. The molecule has 0 saturated heterocycles. The standard InChI is InChI=1S/C22H22BrF3I2O3S/c1-16-14-21(3,23)15-17(2)20(16)28(27,18-10-6-4-7-11-18,19-12-8-5-9-13-19)31-32(29,30)22(24,25)26/h4-14H,15H2,1-3H3. The van der Waals surface area contributed by atoms with Crippen molar-refractivity contribution in [3.05, 3.63) is 88.6 Å². The minimum atomic E-state index is -5.93. The van der Waals surface area contributed by atoms with Crippen LogP contribution in [0.3, 0.4) is 0 Å². The van der Waals surface area contributed by atoms with Gasteiger partial charge in [-0.15, -0.1) is 0 Å². The molecule has 0 radical (unpaired) electrons. The first-order chi connectivity index (χ1) is 14.6. The first kappa shape index (κ1) is 26.2. The van der Waals surface area contributed by atoms with Gasteiger partial charge in [0.25, 0.3) is 0 Å². The topological polar surface area (TPSA) is 43.4 Å². The third-order valence-electron chi connectivity index (χ3n) is 4.92. The number of halogens is 6. The van der Waals surface area contributed by atoms with Gasteiger partial charge in [-0.05, 0) is 0 Å². The van der Waals surface area contributed by atoms with E-state index in [-0.39, 0.29) is 0 Å². The summed E-state index contributed by atoms with van der Waals surface area (Å²) >= 11 is 0.0569. The molecule has 1 unspecified atom stereocenters. The number of allylic oxidation sites excluding steroid dienone is 4. The van der Waals surface area contributed by atoms with Gasteiger partial charge >= 0.3 is 208 Å². The predicted octanol–water partition coefficient (Wildman–Crippen LogP) is 8.21. The molecule has 1 aliphatic rings. The van der Waals surface area contributed by atoms with Gasteiger partial charge in [-0.2, -0.15) is 0 Å². The van der Waals surface area contributed by atoms with Gasteiger partial charge in [0, 0.05) is 0 Å². The summed E-state index contributed by atoms with van der Waals surface area (Å²) in [4.78, 5) is 0. The molecule has 0 aliphatic heterocycles. The van der Waals surface area contributed by atoms with Crippen LogP contribution in [0.5, 0.6) is 0 Å². The van der Waals surface area contributed by atoms with Crippen LogP contribution in [0, 0.1) is 7.14 Å². The zero-order valence-corrected chi connectivity index (χ0v) is 24.2. The molecule has 0 heterocycles. The van der Waals surface area contributed by atoms with E-state index in [1.165, 1.54) is 0 Å². The van der Waals surface area contributed by atoms with Gasteiger partial charge in [0.1, 0.15) is 0 Å². The summed E-state index contributed by atoms with van der Waals surface area (Å²) in [5, 5.41) is 0. The van der Waals surface area contributed by atoms with Gasteiger partial charge < -0.3 is 0 Å². The molecule has 0 saturated carbocycles. The van der Waals surface area contributed by atoms with E-state index >= 15 is 0 Å². The van der Waals surface area contributed by atoms with Crippen LogP contribution in [-0.2, 0) is 12.6 Å². The fourth-order valence-electron chi connectivity index (χ4n) is 3.97. The van der Waals surface area contributed by atoms with Gasteiger partial charge in [0.2, 0.25) is 0 Å². The molecule has 2 aromatic carbocycles. The SMILES string of the molecule is CC1=CC(C)(Br)CC(C)=C1I(I)(OS(=O)(=O)C(F)(F)F)(c1ccccc1)c1ccccc1. The summed E-state index contributed by atoms with van der Waals surface area (Å²) in [5.41, 5.74) is -4.07. The Morgan fingerprint density at radius 3 is 1.81 bits per heavy atom. The summed E-state index contributed by atoms with van der Waals surface area (Å²) in [5.74, 6) is 0. The molecule has 2 aromatic rings. The van der Waals surface area contributed by atoms with Crippen LogP contribution < -0.4 is 0 Å². The third kappa shape index (κ3) is 4.46. The van der Waals surface area contributed by atoms with E-state index in [4.69, 9.17) is 2.51 Å². The molecule has 0 fully saturated rings. The van der Waals surface area contributed by atoms with Crippen LogP contribution in [0.1, 0.15) is 27.2 Å². The molecular formula is C22H22BrF3I2O3S. The fourth-order valence-corrected chi connectivity index (χ4v) is 31.0. The Morgan fingerprint density at radius 1 is 1.00 bits per heavy atom. The summed E-state index contributed by atoms with van der Waals surface area (Å²) in [6.07, 6.45) is 2.42. The van der Waals surface area contributed by atoms with E-state index in [1.807, 2.05) is 38.5 Å². The number of benzene rings is 2. The maximum absolute atomic E-state index is 13.7. The average Bonchev–Trinajstić information content (AvgIpc) is 2.66. The number of hydrogen-bond acceptors (Lipinski definition) is 3. The summed E-state index contributed by atoms with van der Waals surface area (Å²) in [6.45, 7) is 5.59. The summed E-state index contributed by atoms with van der Waals surface area (Å²) in [7, 11) is -5.93. The van der Waals surface area contributed by atoms with E-state index in [0.717, 1.165) is 5.57 Å². The third-order valence-corrected chi connectivity index (χ3v) is 31.2. The van der Waals surface area contributed by atoms with E-state index in [1.54, 1.807) is 67.6 Å². The van der Waals surface area contributed by atoms with E-state index < -0.39 is 33.4 Å². The first-order valence-corrected chi connectivity index (χ1v) is 22.0. The van der Waals surface area contributed by atoms with Gasteiger partial charge in [-0.1, -0.05) is 0 Å². The maximum atomic E-state index is 13.7. The van der Waals surface area contributed by atoms with Crippen molar-refractivity contribution < 1.29 is 24.1 Å². The Hall–Kier alpha value is -0.440. The zero-order chi connectivity index (χ0) is 24.0. The zero-order valence-electron chi connectivity index (χ0n) is 17.5. The van der Waals surface area contributed by atoms with Gasteiger partial charge in [-0.25, -0.2) is 0 Å². The fraction of sp³-hybridized carbons (Fsp3) is 0.273. The summed E-state index contributed by atoms with van der Waals surface area (Å²) in [6, 6.07) is 16.9. The van der Waals surface area contributed by atoms with Crippen LogP contribution in [-0.4, -0.2) is 18.3 Å². The molecule has 0 spiro atoms. The number of hydrogen-bond donors (Lipinski definition) is 0. The molecule has 0 bridgehead atoms. The Morgan fingerprint density at radius 2 is 1.44 bits per heavy atom. The first-order valence-electron chi connectivity index (χ1n) is 9.43. The molecule has 176 valence electrons. The number of alkyl halides is 4. The molecule has 0 aromatic heterocycles. The predicted molar refractivity (Wildman–Crippen MR) is 143 cm³/mol. The van der Waals surface area contributed by atoms with E-state index in [9.17, 15) is 21.6 Å². The second-order valence-electron chi connectivity index (χ2n) is 7.72. The quantitative estimate of drug-likeness (QED) is 0.176. The molecule has 1 atom stereocenters. The van der Waals surface area contributed by atoms with Crippen molar-refractivity contribution in [2.45, 2.75) is 37.0 Å². The molecule has 1 aliphatic carbocycles. The minimum absolute atomic E-state index is 0.401. The van der Waals surface area contributed by atoms with Crippen molar-refractivity contribution in [3.63, 3.8) is 0 Å². The molecule has 0 N–H and O–H groups in total. The van der Waals surface area contributed by atoms with Crippen LogP contribution in [0.2, 0.25) is 0 Å². The van der Waals surface area contributed by atoms with Crippen molar-refractivity contribution in [1.29, 1.82) is 0 Å².